The lowest BCUT2D eigenvalue weighted by atomic mass is 10.1. The summed E-state index contributed by atoms with van der Waals surface area (Å²) in [5, 5.41) is 6.22. The van der Waals surface area contributed by atoms with Crippen LogP contribution in [0.1, 0.15) is 24.8 Å². The quantitative estimate of drug-likeness (QED) is 0.312. The molecule has 0 radical (unpaired) electrons. The average molecular weight is 453 g/mol. The minimum atomic E-state index is -4.70. The van der Waals surface area contributed by atoms with Gasteiger partial charge in [-0.05, 0) is 25.0 Å². The number of hydrogen-bond acceptors (Lipinski definition) is 2. The highest BCUT2D eigenvalue weighted by molar-refractivity contribution is 14.0. The minimum absolute atomic E-state index is 0. The molecule has 2 rings (SSSR count). The molecule has 1 fully saturated rings. The molecular weight excluding hydrogens is 434 g/mol. The van der Waals surface area contributed by atoms with Crippen molar-refractivity contribution in [3.8, 4) is 18.1 Å². The van der Waals surface area contributed by atoms with Gasteiger partial charge in [-0.15, -0.1) is 43.6 Å². The summed E-state index contributed by atoms with van der Waals surface area (Å²) in [4.78, 5) is 4.17. The number of nitrogens with one attached hydrogen (secondary N) is 2. The lowest BCUT2D eigenvalue weighted by Crippen LogP contribution is -2.39. The lowest BCUT2D eigenvalue weighted by molar-refractivity contribution is -0.274. The maximum Gasteiger partial charge on any atom is 0.573 e. The van der Waals surface area contributed by atoms with Crippen LogP contribution in [0, 0.1) is 12.3 Å². The summed E-state index contributed by atoms with van der Waals surface area (Å²) in [5.74, 6) is 2.77. The zero-order valence-corrected chi connectivity index (χ0v) is 15.4. The number of nitrogens with zero attached hydrogens (tertiary/aromatic N) is 1. The molecular formula is C16H19F3IN3O. The third kappa shape index (κ3) is 6.11. The Labute approximate surface area is 156 Å². The van der Waals surface area contributed by atoms with E-state index in [-0.39, 0.29) is 48.2 Å². The van der Waals surface area contributed by atoms with Crippen LogP contribution >= 0.6 is 24.0 Å². The summed E-state index contributed by atoms with van der Waals surface area (Å²) < 4.78 is 41.5. The van der Waals surface area contributed by atoms with Gasteiger partial charge < -0.3 is 15.4 Å². The number of rotatable bonds is 5. The minimum Gasteiger partial charge on any atom is -0.405 e. The topological polar surface area (TPSA) is 45.7 Å². The molecule has 1 aromatic carbocycles. The average Bonchev–Trinajstić information content (AvgIpc) is 3.23. The van der Waals surface area contributed by atoms with Crippen LogP contribution in [0.2, 0.25) is 0 Å². The highest BCUT2D eigenvalue weighted by Gasteiger charge is 2.42. The fourth-order valence-corrected chi connectivity index (χ4v) is 2.32. The Balaban J connectivity index is 0.00000288. The lowest BCUT2D eigenvalue weighted by Gasteiger charge is -2.14. The van der Waals surface area contributed by atoms with Crippen LogP contribution in [0.5, 0.6) is 5.75 Å². The SMILES string of the molecule is C#CCN=C(NCC)NC1CC1c1ccccc1OC(F)(F)F.I. The Kier molecular flexibility index (Phi) is 7.66. The van der Waals surface area contributed by atoms with Crippen molar-refractivity contribution in [3.63, 3.8) is 0 Å². The van der Waals surface area contributed by atoms with E-state index in [2.05, 4.69) is 26.3 Å². The molecule has 2 N–H and O–H groups in total. The van der Waals surface area contributed by atoms with Crippen molar-refractivity contribution < 1.29 is 17.9 Å². The predicted octanol–water partition coefficient (Wildman–Crippen LogP) is 3.25. The van der Waals surface area contributed by atoms with Gasteiger partial charge in [-0.25, -0.2) is 4.99 Å². The number of terminal acetylenes is 1. The molecule has 0 aromatic heterocycles. The number of hydrogen-bond donors (Lipinski definition) is 2. The summed E-state index contributed by atoms with van der Waals surface area (Å²) >= 11 is 0. The zero-order chi connectivity index (χ0) is 16.9. The summed E-state index contributed by atoms with van der Waals surface area (Å²) in [6.45, 7) is 2.83. The first-order valence-electron chi connectivity index (χ1n) is 7.27. The molecule has 4 nitrogen and oxygen atoms in total. The van der Waals surface area contributed by atoms with E-state index in [0.29, 0.717) is 24.5 Å². The van der Waals surface area contributed by atoms with Gasteiger partial charge in [0.05, 0.1) is 0 Å². The number of aliphatic imine (C=N–C) groups is 1. The third-order valence-electron chi connectivity index (χ3n) is 3.33. The van der Waals surface area contributed by atoms with Gasteiger partial charge in [-0.2, -0.15) is 0 Å². The van der Waals surface area contributed by atoms with Crippen LogP contribution in [0.25, 0.3) is 0 Å². The van der Waals surface area contributed by atoms with E-state index in [9.17, 15) is 13.2 Å². The second-order valence-electron chi connectivity index (χ2n) is 5.08. The van der Waals surface area contributed by atoms with Crippen molar-refractivity contribution in [1.82, 2.24) is 10.6 Å². The number of guanidine groups is 1. The van der Waals surface area contributed by atoms with Crippen LogP contribution in [-0.2, 0) is 0 Å². The Bertz CT molecular complexity index is 613. The molecule has 0 bridgehead atoms. The second-order valence-corrected chi connectivity index (χ2v) is 5.08. The van der Waals surface area contributed by atoms with E-state index in [0.717, 1.165) is 0 Å². The van der Waals surface area contributed by atoms with E-state index < -0.39 is 6.36 Å². The molecule has 2 atom stereocenters. The van der Waals surface area contributed by atoms with E-state index in [4.69, 9.17) is 6.42 Å². The molecule has 1 saturated carbocycles. The Hall–Kier alpha value is -1.63. The van der Waals surface area contributed by atoms with Crippen LogP contribution in [0.3, 0.4) is 0 Å². The fourth-order valence-electron chi connectivity index (χ4n) is 2.32. The Morgan fingerprint density at radius 1 is 1.42 bits per heavy atom. The van der Waals surface area contributed by atoms with Gasteiger partial charge in [0, 0.05) is 18.5 Å². The van der Waals surface area contributed by atoms with Crippen LogP contribution in [0.15, 0.2) is 29.3 Å². The van der Waals surface area contributed by atoms with Gasteiger partial charge in [-0.1, -0.05) is 24.1 Å². The molecule has 24 heavy (non-hydrogen) atoms. The molecule has 0 saturated heterocycles. The van der Waals surface area contributed by atoms with Gasteiger partial charge in [0.1, 0.15) is 12.3 Å². The summed E-state index contributed by atoms with van der Waals surface area (Å²) in [5.41, 5.74) is 0.537. The van der Waals surface area contributed by atoms with Crippen molar-refractivity contribution in [2.24, 2.45) is 4.99 Å². The van der Waals surface area contributed by atoms with Crippen molar-refractivity contribution >= 4 is 29.9 Å². The van der Waals surface area contributed by atoms with E-state index in [1.165, 1.54) is 12.1 Å². The number of ether oxygens (including phenoxy) is 1. The second kappa shape index (κ2) is 9.01. The maximum atomic E-state index is 12.5. The Morgan fingerprint density at radius 3 is 2.75 bits per heavy atom. The largest absolute Gasteiger partial charge is 0.573 e. The fraction of sp³-hybridized carbons (Fsp3) is 0.438. The maximum absolute atomic E-state index is 12.5. The van der Waals surface area contributed by atoms with Gasteiger partial charge in [0.2, 0.25) is 0 Å². The number of para-hydroxylation sites is 1. The van der Waals surface area contributed by atoms with Crippen molar-refractivity contribution in [2.45, 2.75) is 31.7 Å². The summed E-state index contributed by atoms with van der Waals surface area (Å²) in [6.07, 6.45) is 1.19. The zero-order valence-electron chi connectivity index (χ0n) is 13.1. The van der Waals surface area contributed by atoms with Crippen molar-refractivity contribution in [1.29, 1.82) is 0 Å². The molecule has 0 amide bonds. The van der Waals surface area contributed by atoms with Crippen LogP contribution in [-0.4, -0.2) is 31.5 Å². The smallest absolute Gasteiger partial charge is 0.405 e. The first kappa shape index (κ1) is 20.4. The van der Waals surface area contributed by atoms with Crippen molar-refractivity contribution in [2.75, 3.05) is 13.1 Å². The van der Waals surface area contributed by atoms with Gasteiger partial charge in [0.15, 0.2) is 5.96 Å². The standard InChI is InChI=1S/C16H18F3N3O.HI/c1-3-9-21-15(20-4-2)22-13-10-12(13)11-7-5-6-8-14(11)23-16(17,18)19;/h1,5-8,12-13H,4,9-10H2,2H3,(H2,20,21,22);1H. The molecule has 0 spiro atoms. The molecule has 1 aromatic rings. The third-order valence-corrected chi connectivity index (χ3v) is 3.33. The van der Waals surface area contributed by atoms with Gasteiger partial charge >= 0.3 is 6.36 Å². The molecule has 0 aliphatic heterocycles. The first-order valence-corrected chi connectivity index (χ1v) is 7.27. The number of benzene rings is 1. The molecule has 8 heteroatoms. The highest BCUT2D eigenvalue weighted by Crippen LogP contribution is 2.45. The van der Waals surface area contributed by atoms with E-state index in [1.54, 1.807) is 12.1 Å². The molecule has 1 aliphatic carbocycles. The molecule has 2 unspecified atom stereocenters. The predicted molar refractivity (Wildman–Crippen MR) is 97.6 cm³/mol. The van der Waals surface area contributed by atoms with E-state index in [1.807, 2.05) is 6.92 Å². The van der Waals surface area contributed by atoms with Gasteiger partial charge in [-0.3, -0.25) is 0 Å². The monoisotopic (exact) mass is 453 g/mol. The van der Waals surface area contributed by atoms with Crippen molar-refractivity contribution in [3.05, 3.63) is 29.8 Å². The van der Waals surface area contributed by atoms with Crippen LogP contribution in [0.4, 0.5) is 13.2 Å². The molecule has 132 valence electrons. The number of halogens is 4. The van der Waals surface area contributed by atoms with Crippen LogP contribution < -0.4 is 15.4 Å². The normalized spacial score (nSPS) is 19.7. The van der Waals surface area contributed by atoms with E-state index >= 15 is 0 Å². The highest BCUT2D eigenvalue weighted by atomic mass is 127. The number of alkyl halides is 3. The summed E-state index contributed by atoms with van der Waals surface area (Å²) in [7, 11) is 0. The van der Waals surface area contributed by atoms with Gasteiger partial charge in [0.25, 0.3) is 0 Å². The first-order chi connectivity index (χ1) is 10.9. The molecule has 0 heterocycles. The molecule has 1 aliphatic rings. The Morgan fingerprint density at radius 2 is 2.12 bits per heavy atom. The summed E-state index contributed by atoms with van der Waals surface area (Å²) in [6, 6.07) is 6.21.